The first-order valence-corrected chi connectivity index (χ1v) is 11.8. The molecule has 0 saturated heterocycles. The summed E-state index contributed by atoms with van der Waals surface area (Å²) < 4.78 is 5.79. The molecule has 35 heavy (non-hydrogen) atoms. The van der Waals surface area contributed by atoms with Gasteiger partial charge in [0.1, 0.15) is 0 Å². The van der Waals surface area contributed by atoms with E-state index in [0.717, 1.165) is 45.6 Å². The summed E-state index contributed by atoms with van der Waals surface area (Å²) in [6, 6.07) is 23.5. The van der Waals surface area contributed by atoms with Crippen LogP contribution in [0.3, 0.4) is 0 Å². The van der Waals surface area contributed by atoms with Gasteiger partial charge in [-0.05, 0) is 50.5 Å². The van der Waals surface area contributed by atoms with Crippen LogP contribution >= 0.6 is 0 Å². The highest BCUT2D eigenvalue weighted by Gasteiger charge is 2.36. The predicted octanol–water partition coefficient (Wildman–Crippen LogP) is 6.62. The van der Waals surface area contributed by atoms with Crippen molar-refractivity contribution in [3.05, 3.63) is 107 Å². The van der Waals surface area contributed by atoms with Crippen LogP contribution in [0, 0.1) is 13.8 Å². The molecular formula is C29H28N4O2. The van der Waals surface area contributed by atoms with Crippen LogP contribution in [-0.2, 0) is 6.42 Å². The van der Waals surface area contributed by atoms with E-state index in [2.05, 4.69) is 17.4 Å². The largest absolute Gasteiger partial charge is 0.334 e. The minimum Gasteiger partial charge on any atom is -0.334 e. The Labute approximate surface area is 205 Å². The van der Waals surface area contributed by atoms with Crippen LogP contribution in [0.15, 0.2) is 83.0 Å². The second kappa shape index (κ2) is 9.22. The highest BCUT2D eigenvalue weighted by atomic mass is 16.5. The van der Waals surface area contributed by atoms with Gasteiger partial charge in [-0.2, -0.15) is 4.98 Å². The molecule has 1 N–H and O–H groups in total. The van der Waals surface area contributed by atoms with E-state index in [-0.39, 0.29) is 6.03 Å². The number of anilines is 1. The van der Waals surface area contributed by atoms with Crippen LogP contribution < -0.4 is 10.2 Å². The topological polar surface area (TPSA) is 71.3 Å². The number of hydrogen-bond donors (Lipinski definition) is 1. The Morgan fingerprint density at radius 2 is 1.51 bits per heavy atom. The van der Waals surface area contributed by atoms with Crippen molar-refractivity contribution in [1.29, 1.82) is 0 Å². The van der Waals surface area contributed by atoms with Gasteiger partial charge < -0.3 is 9.84 Å². The standard InChI is InChI=1S/C29H28N4O2/c1-5-21-10-16-24(17-11-21)33-20(4)25(26(30-29(33)34)22-12-6-18(2)7-13-22)28-31-27(32-35-28)23-14-8-19(3)9-15-23/h6-17,26H,5H2,1-4H3,(H,30,34). The number of carbonyl (C=O) groups is 1. The fourth-order valence-electron chi connectivity index (χ4n) is 4.37. The van der Waals surface area contributed by atoms with Gasteiger partial charge in [0.25, 0.3) is 5.89 Å². The molecule has 176 valence electrons. The molecule has 0 bridgehead atoms. The van der Waals surface area contributed by atoms with Crippen LogP contribution in [0.4, 0.5) is 10.5 Å². The number of nitrogens with zero attached hydrogens (tertiary/aromatic N) is 3. The molecule has 0 spiro atoms. The lowest BCUT2D eigenvalue weighted by Gasteiger charge is -2.35. The highest BCUT2D eigenvalue weighted by Crippen LogP contribution is 2.39. The van der Waals surface area contributed by atoms with Crippen molar-refractivity contribution in [2.24, 2.45) is 0 Å². The quantitative estimate of drug-likeness (QED) is 0.360. The van der Waals surface area contributed by atoms with E-state index >= 15 is 0 Å². The van der Waals surface area contributed by atoms with Crippen molar-refractivity contribution < 1.29 is 9.32 Å². The van der Waals surface area contributed by atoms with E-state index in [1.807, 2.05) is 93.6 Å². The lowest BCUT2D eigenvalue weighted by molar-refractivity contribution is 0.244. The molecule has 3 aromatic carbocycles. The molecule has 6 heteroatoms. The molecule has 0 aliphatic carbocycles. The number of urea groups is 1. The van der Waals surface area contributed by atoms with Crippen LogP contribution in [-0.4, -0.2) is 16.2 Å². The molecule has 1 aromatic heterocycles. The maximum Gasteiger partial charge on any atom is 0.326 e. The van der Waals surface area contributed by atoms with Gasteiger partial charge in [-0.3, -0.25) is 4.90 Å². The third-order valence-electron chi connectivity index (χ3n) is 6.46. The number of rotatable bonds is 5. The number of amides is 2. The maximum absolute atomic E-state index is 13.4. The first kappa shape index (κ1) is 22.6. The Morgan fingerprint density at radius 1 is 0.886 bits per heavy atom. The Balaban J connectivity index is 1.63. The summed E-state index contributed by atoms with van der Waals surface area (Å²) in [5.41, 5.74) is 7.67. The van der Waals surface area contributed by atoms with E-state index in [1.165, 1.54) is 5.56 Å². The molecular weight excluding hydrogens is 436 g/mol. The summed E-state index contributed by atoms with van der Waals surface area (Å²) in [5.74, 6) is 0.900. The molecule has 6 nitrogen and oxygen atoms in total. The minimum absolute atomic E-state index is 0.195. The summed E-state index contributed by atoms with van der Waals surface area (Å²) in [4.78, 5) is 19.8. The molecule has 0 fully saturated rings. The first-order chi connectivity index (χ1) is 16.9. The first-order valence-electron chi connectivity index (χ1n) is 11.8. The molecule has 1 unspecified atom stereocenters. The van der Waals surface area contributed by atoms with E-state index in [0.29, 0.717) is 11.7 Å². The van der Waals surface area contributed by atoms with Gasteiger partial charge in [0.15, 0.2) is 0 Å². The maximum atomic E-state index is 13.4. The Bertz CT molecular complexity index is 1380. The van der Waals surface area contributed by atoms with Gasteiger partial charge in [-0.25, -0.2) is 4.79 Å². The second-order valence-corrected chi connectivity index (χ2v) is 8.94. The predicted molar refractivity (Wildman–Crippen MR) is 138 cm³/mol. The fraction of sp³-hybridized carbons (Fsp3) is 0.207. The van der Waals surface area contributed by atoms with E-state index in [4.69, 9.17) is 9.51 Å². The zero-order valence-electron chi connectivity index (χ0n) is 20.4. The van der Waals surface area contributed by atoms with Gasteiger partial charge >= 0.3 is 6.03 Å². The Kier molecular flexibility index (Phi) is 5.95. The summed E-state index contributed by atoms with van der Waals surface area (Å²) in [6.07, 6.45) is 0.936. The summed E-state index contributed by atoms with van der Waals surface area (Å²) in [7, 11) is 0. The normalized spacial score (nSPS) is 15.9. The molecule has 2 heterocycles. The van der Waals surface area contributed by atoms with Gasteiger partial charge in [0.05, 0.1) is 17.3 Å². The average molecular weight is 465 g/mol. The van der Waals surface area contributed by atoms with Crippen molar-refractivity contribution in [2.75, 3.05) is 4.90 Å². The zero-order valence-corrected chi connectivity index (χ0v) is 20.4. The molecule has 5 rings (SSSR count). The average Bonchev–Trinajstić information content (AvgIpc) is 3.35. The Morgan fingerprint density at radius 3 is 2.14 bits per heavy atom. The monoisotopic (exact) mass is 464 g/mol. The lowest BCUT2D eigenvalue weighted by atomic mass is 9.94. The van der Waals surface area contributed by atoms with Crippen molar-refractivity contribution in [2.45, 2.75) is 40.2 Å². The third kappa shape index (κ3) is 4.35. The SMILES string of the molecule is CCc1ccc(N2C(=O)NC(c3ccc(C)cc3)C(c3nc(-c4ccc(C)cc4)no3)=C2C)cc1. The number of nitrogens with one attached hydrogen (secondary N) is 1. The molecule has 1 aliphatic rings. The summed E-state index contributed by atoms with van der Waals surface area (Å²) in [5, 5.41) is 7.42. The van der Waals surface area contributed by atoms with Gasteiger partial charge in [-0.15, -0.1) is 0 Å². The summed E-state index contributed by atoms with van der Waals surface area (Å²) in [6.45, 7) is 8.12. The van der Waals surface area contributed by atoms with Crippen LogP contribution in [0.5, 0.6) is 0 Å². The van der Waals surface area contributed by atoms with Crippen LogP contribution in [0.2, 0.25) is 0 Å². The van der Waals surface area contributed by atoms with Crippen molar-refractivity contribution >= 4 is 17.3 Å². The van der Waals surface area contributed by atoms with E-state index in [9.17, 15) is 4.79 Å². The number of hydrogen-bond acceptors (Lipinski definition) is 4. The fourth-order valence-corrected chi connectivity index (χ4v) is 4.37. The minimum atomic E-state index is -0.416. The molecule has 0 saturated carbocycles. The van der Waals surface area contributed by atoms with Gasteiger partial charge in [0.2, 0.25) is 5.82 Å². The number of allylic oxidation sites excluding steroid dienone is 1. The molecule has 4 aromatic rings. The van der Waals surface area contributed by atoms with Crippen LogP contribution in [0.25, 0.3) is 17.0 Å². The molecule has 1 aliphatic heterocycles. The van der Waals surface area contributed by atoms with Crippen molar-refractivity contribution in [3.8, 4) is 11.4 Å². The van der Waals surface area contributed by atoms with Crippen molar-refractivity contribution in [1.82, 2.24) is 15.5 Å². The van der Waals surface area contributed by atoms with E-state index < -0.39 is 6.04 Å². The molecule has 1 atom stereocenters. The highest BCUT2D eigenvalue weighted by molar-refractivity contribution is 6.01. The van der Waals surface area contributed by atoms with Gasteiger partial charge in [0, 0.05) is 11.3 Å². The summed E-state index contributed by atoms with van der Waals surface area (Å²) >= 11 is 0. The smallest absolute Gasteiger partial charge is 0.326 e. The van der Waals surface area contributed by atoms with Crippen LogP contribution in [0.1, 0.15) is 48.0 Å². The second-order valence-electron chi connectivity index (χ2n) is 8.94. The number of benzene rings is 3. The van der Waals surface area contributed by atoms with Gasteiger partial charge in [-0.1, -0.05) is 83.9 Å². The Hall–Kier alpha value is -4.19. The van der Waals surface area contributed by atoms with Crippen molar-refractivity contribution in [3.63, 3.8) is 0 Å². The number of aryl methyl sites for hydroxylation is 3. The zero-order chi connectivity index (χ0) is 24.5. The lowest BCUT2D eigenvalue weighted by Crippen LogP contribution is -2.46. The number of aromatic nitrogens is 2. The molecule has 0 radical (unpaired) electrons. The van der Waals surface area contributed by atoms with E-state index in [1.54, 1.807) is 4.90 Å². The molecule has 2 amide bonds. The number of carbonyl (C=O) groups excluding carboxylic acids is 1. The third-order valence-corrected chi connectivity index (χ3v) is 6.46.